The Balaban J connectivity index is 2.54. The minimum Gasteiger partial charge on any atom is -0.324 e. The van der Waals surface area contributed by atoms with Crippen molar-refractivity contribution in [3.05, 3.63) is 34.4 Å². The van der Waals surface area contributed by atoms with Crippen molar-refractivity contribution in [2.75, 3.05) is 0 Å². The number of aryl methyl sites for hydroxylation is 2. The van der Waals surface area contributed by atoms with Crippen LogP contribution < -0.4 is 5.73 Å². The van der Waals surface area contributed by atoms with Gasteiger partial charge in [0.2, 0.25) is 0 Å². The van der Waals surface area contributed by atoms with Crippen LogP contribution in [0.1, 0.15) is 41.6 Å². The summed E-state index contributed by atoms with van der Waals surface area (Å²) in [6.07, 6.45) is 2.44. The molecule has 0 aliphatic heterocycles. The van der Waals surface area contributed by atoms with Gasteiger partial charge in [0.05, 0.1) is 0 Å². The highest BCUT2D eigenvalue weighted by atomic mass is 14.7. The molecule has 2 unspecified atom stereocenters. The zero-order valence-electron chi connectivity index (χ0n) is 9.30. The number of rotatable bonds is 0. The Bertz CT molecular complexity index is 354. The summed E-state index contributed by atoms with van der Waals surface area (Å²) in [6.45, 7) is 6.61. The van der Waals surface area contributed by atoms with Crippen LogP contribution in [0.4, 0.5) is 0 Å². The van der Waals surface area contributed by atoms with Crippen molar-refractivity contribution < 1.29 is 0 Å². The van der Waals surface area contributed by atoms with Crippen molar-refractivity contribution >= 4 is 0 Å². The Hall–Kier alpha value is -0.820. The van der Waals surface area contributed by atoms with E-state index in [1.165, 1.54) is 35.1 Å². The molecule has 0 heterocycles. The first-order valence-corrected chi connectivity index (χ1v) is 5.45. The zero-order chi connectivity index (χ0) is 10.3. The Morgan fingerprint density at radius 2 is 2.00 bits per heavy atom. The van der Waals surface area contributed by atoms with Crippen molar-refractivity contribution in [1.29, 1.82) is 0 Å². The number of fused-ring (bicyclic) bond motifs is 1. The first-order chi connectivity index (χ1) is 6.59. The van der Waals surface area contributed by atoms with E-state index in [4.69, 9.17) is 5.73 Å². The third kappa shape index (κ3) is 1.46. The summed E-state index contributed by atoms with van der Waals surface area (Å²) in [5.41, 5.74) is 11.9. The lowest BCUT2D eigenvalue weighted by Gasteiger charge is -2.30. The fourth-order valence-corrected chi connectivity index (χ4v) is 2.53. The maximum Gasteiger partial charge on any atom is 0.0323 e. The number of nitrogens with two attached hydrogens (primary N) is 1. The van der Waals surface area contributed by atoms with Gasteiger partial charge < -0.3 is 5.73 Å². The molecule has 1 aliphatic carbocycles. The molecule has 0 aromatic heterocycles. The predicted molar refractivity (Wildman–Crippen MR) is 60.3 cm³/mol. The van der Waals surface area contributed by atoms with Crippen molar-refractivity contribution in [1.82, 2.24) is 0 Å². The zero-order valence-corrected chi connectivity index (χ0v) is 9.30. The van der Waals surface area contributed by atoms with Gasteiger partial charge in [0.1, 0.15) is 0 Å². The van der Waals surface area contributed by atoms with Gasteiger partial charge >= 0.3 is 0 Å². The molecular weight excluding hydrogens is 170 g/mol. The fourth-order valence-electron chi connectivity index (χ4n) is 2.53. The van der Waals surface area contributed by atoms with Gasteiger partial charge in [0, 0.05) is 6.04 Å². The standard InChI is InChI=1S/C13H19N/c1-8-6-10(3)11-5-4-9(2)13(14)12(11)7-8/h6-7,9,13H,4-5,14H2,1-3H3. The molecule has 76 valence electrons. The summed E-state index contributed by atoms with van der Waals surface area (Å²) in [5, 5.41) is 0. The molecule has 1 aromatic carbocycles. The van der Waals surface area contributed by atoms with Gasteiger partial charge in [-0.2, -0.15) is 0 Å². The number of hydrogen-bond donors (Lipinski definition) is 1. The Kier molecular flexibility index (Phi) is 2.36. The average molecular weight is 189 g/mol. The van der Waals surface area contributed by atoms with Crippen LogP contribution in [0.3, 0.4) is 0 Å². The molecule has 1 aromatic rings. The molecule has 0 amide bonds. The second kappa shape index (κ2) is 3.39. The molecule has 14 heavy (non-hydrogen) atoms. The lowest BCUT2D eigenvalue weighted by molar-refractivity contribution is 0.411. The van der Waals surface area contributed by atoms with Crippen LogP contribution >= 0.6 is 0 Å². The molecule has 2 atom stereocenters. The average Bonchev–Trinajstić information content (AvgIpc) is 2.12. The lowest BCUT2D eigenvalue weighted by Crippen LogP contribution is -2.26. The van der Waals surface area contributed by atoms with Crippen molar-refractivity contribution in [3.8, 4) is 0 Å². The van der Waals surface area contributed by atoms with Gasteiger partial charge in [-0.25, -0.2) is 0 Å². The molecule has 2 N–H and O–H groups in total. The van der Waals surface area contributed by atoms with Crippen molar-refractivity contribution in [2.45, 2.75) is 39.7 Å². The second-order valence-electron chi connectivity index (χ2n) is 4.69. The molecule has 1 nitrogen and oxygen atoms in total. The summed E-state index contributed by atoms with van der Waals surface area (Å²) in [5.74, 6) is 0.628. The third-order valence-electron chi connectivity index (χ3n) is 3.47. The SMILES string of the molecule is Cc1cc(C)c2c(c1)C(N)C(C)CC2. The maximum atomic E-state index is 6.23. The van der Waals surface area contributed by atoms with Crippen LogP contribution in [0.5, 0.6) is 0 Å². The van der Waals surface area contributed by atoms with Crippen molar-refractivity contribution in [3.63, 3.8) is 0 Å². The summed E-state index contributed by atoms with van der Waals surface area (Å²) >= 11 is 0. The molecule has 0 saturated carbocycles. The first-order valence-electron chi connectivity index (χ1n) is 5.45. The molecule has 0 radical (unpaired) electrons. The van der Waals surface area contributed by atoms with Gasteiger partial charge in [-0.15, -0.1) is 0 Å². The molecule has 0 bridgehead atoms. The summed E-state index contributed by atoms with van der Waals surface area (Å²) in [4.78, 5) is 0. The normalized spacial score (nSPS) is 26.0. The van der Waals surface area contributed by atoms with Crippen LogP contribution in [0.25, 0.3) is 0 Å². The van der Waals surface area contributed by atoms with Crippen LogP contribution in [0, 0.1) is 19.8 Å². The highest BCUT2D eigenvalue weighted by Crippen LogP contribution is 2.34. The first kappa shape index (κ1) is 9.72. The molecule has 2 rings (SSSR count). The Labute approximate surface area is 86.3 Å². The topological polar surface area (TPSA) is 26.0 Å². The minimum absolute atomic E-state index is 0.248. The predicted octanol–water partition coefficient (Wildman–Crippen LogP) is 2.89. The number of benzene rings is 1. The molecule has 0 saturated heterocycles. The minimum atomic E-state index is 0.248. The summed E-state index contributed by atoms with van der Waals surface area (Å²) in [6, 6.07) is 4.78. The van der Waals surface area contributed by atoms with Crippen LogP contribution in [0.2, 0.25) is 0 Å². The van der Waals surface area contributed by atoms with E-state index in [9.17, 15) is 0 Å². The van der Waals surface area contributed by atoms with Gasteiger partial charge in [0.25, 0.3) is 0 Å². The smallest absolute Gasteiger partial charge is 0.0323 e. The monoisotopic (exact) mass is 189 g/mol. The van der Waals surface area contributed by atoms with Gasteiger partial charge in [0.15, 0.2) is 0 Å². The fraction of sp³-hybridized carbons (Fsp3) is 0.538. The van der Waals surface area contributed by atoms with E-state index in [-0.39, 0.29) is 6.04 Å². The van der Waals surface area contributed by atoms with Gasteiger partial charge in [-0.1, -0.05) is 24.6 Å². The van der Waals surface area contributed by atoms with Gasteiger partial charge in [-0.3, -0.25) is 0 Å². The van der Waals surface area contributed by atoms with E-state index in [0.29, 0.717) is 5.92 Å². The van der Waals surface area contributed by atoms with E-state index >= 15 is 0 Å². The summed E-state index contributed by atoms with van der Waals surface area (Å²) < 4.78 is 0. The van der Waals surface area contributed by atoms with Crippen LogP contribution in [-0.2, 0) is 6.42 Å². The Morgan fingerprint density at radius 1 is 1.29 bits per heavy atom. The molecule has 1 heteroatoms. The highest BCUT2D eigenvalue weighted by Gasteiger charge is 2.24. The second-order valence-corrected chi connectivity index (χ2v) is 4.69. The van der Waals surface area contributed by atoms with E-state index in [2.05, 4.69) is 32.9 Å². The highest BCUT2D eigenvalue weighted by molar-refractivity contribution is 5.41. The molecule has 1 aliphatic rings. The lowest BCUT2D eigenvalue weighted by atomic mass is 9.79. The third-order valence-corrected chi connectivity index (χ3v) is 3.47. The van der Waals surface area contributed by atoms with Gasteiger partial charge in [-0.05, 0) is 49.3 Å². The van der Waals surface area contributed by atoms with E-state index in [1.54, 1.807) is 0 Å². The van der Waals surface area contributed by atoms with E-state index in [1.807, 2.05) is 0 Å². The largest absolute Gasteiger partial charge is 0.324 e. The quantitative estimate of drug-likeness (QED) is 0.667. The number of hydrogen-bond acceptors (Lipinski definition) is 1. The molecular formula is C13H19N. The maximum absolute atomic E-state index is 6.23. The van der Waals surface area contributed by atoms with Crippen molar-refractivity contribution in [2.24, 2.45) is 11.7 Å². The van der Waals surface area contributed by atoms with E-state index in [0.717, 1.165) is 0 Å². The molecule has 0 spiro atoms. The summed E-state index contributed by atoms with van der Waals surface area (Å²) in [7, 11) is 0. The Morgan fingerprint density at radius 3 is 2.71 bits per heavy atom. The van der Waals surface area contributed by atoms with E-state index < -0.39 is 0 Å². The molecule has 0 fully saturated rings. The van der Waals surface area contributed by atoms with Crippen LogP contribution in [0.15, 0.2) is 12.1 Å². The van der Waals surface area contributed by atoms with Crippen LogP contribution in [-0.4, -0.2) is 0 Å².